The van der Waals surface area contributed by atoms with Gasteiger partial charge in [-0.25, -0.2) is 4.98 Å². The third-order valence-electron chi connectivity index (χ3n) is 3.34. The molecule has 0 N–H and O–H groups in total. The van der Waals surface area contributed by atoms with Crippen LogP contribution in [0.1, 0.15) is 11.4 Å². The van der Waals surface area contributed by atoms with Crippen molar-refractivity contribution in [3.63, 3.8) is 0 Å². The second kappa shape index (κ2) is 6.18. The first-order chi connectivity index (χ1) is 10.2. The van der Waals surface area contributed by atoms with E-state index >= 15 is 0 Å². The number of aromatic nitrogens is 2. The van der Waals surface area contributed by atoms with Crippen molar-refractivity contribution in [2.24, 2.45) is 0 Å². The summed E-state index contributed by atoms with van der Waals surface area (Å²) in [6.45, 7) is 0.547. The number of fused-ring (bicyclic) bond motifs is 1. The Balaban J connectivity index is 2.30. The highest BCUT2D eigenvalue weighted by molar-refractivity contribution is 9.10. The van der Waals surface area contributed by atoms with Gasteiger partial charge in [0.1, 0.15) is 5.82 Å². The smallest absolute Gasteiger partial charge is 0.129 e. The lowest BCUT2D eigenvalue weighted by atomic mass is 10.1. The maximum absolute atomic E-state index is 6.10. The summed E-state index contributed by atoms with van der Waals surface area (Å²) in [6, 6.07) is 14.2. The fourth-order valence-electron chi connectivity index (χ4n) is 2.46. The molecule has 0 saturated heterocycles. The van der Waals surface area contributed by atoms with E-state index in [-0.39, 0.29) is 0 Å². The van der Waals surface area contributed by atoms with Gasteiger partial charge in [-0.3, -0.25) is 4.57 Å². The van der Waals surface area contributed by atoms with Gasteiger partial charge in [0.25, 0.3) is 0 Å². The first kappa shape index (κ1) is 14.6. The van der Waals surface area contributed by atoms with Crippen molar-refractivity contribution >= 4 is 38.6 Å². The van der Waals surface area contributed by atoms with Crippen LogP contribution in [0.5, 0.6) is 0 Å². The zero-order valence-electron chi connectivity index (χ0n) is 11.5. The van der Waals surface area contributed by atoms with Crippen LogP contribution in [0.25, 0.3) is 16.7 Å². The number of rotatable bonds is 4. The summed E-state index contributed by atoms with van der Waals surface area (Å²) in [7, 11) is 1.70. The van der Waals surface area contributed by atoms with Crippen LogP contribution >= 0.6 is 27.5 Å². The average Bonchev–Trinajstić information content (AvgIpc) is 2.86. The number of benzene rings is 2. The van der Waals surface area contributed by atoms with E-state index in [1.165, 1.54) is 0 Å². The molecule has 0 aliphatic rings. The van der Waals surface area contributed by atoms with Gasteiger partial charge >= 0.3 is 0 Å². The van der Waals surface area contributed by atoms with Crippen molar-refractivity contribution in [1.29, 1.82) is 0 Å². The molecule has 0 fully saturated rings. The zero-order chi connectivity index (χ0) is 14.8. The van der Waals surface area contributed by atoms with Gasteiger partial charge in [0.2, 0.25) is 0 Å². The van der Waals surface area contributed by atoms with Gasteiger partial charge < -0.3 is 4.74 Å². The van der Waals surface area contributed by atoms with E-state index in [1.54, 1.807) is 7.11 Å². The van der Waals surface area contributed by atoms with E-state index in [1.807, 2.05) is 24.3 Å². The molecule has 1 aromatic heterocycles. The fourth-order valence-corrected chi connectivity index (χ4v) is 2.99. The minimum absolute atomic E-state index is 0.355. The molecule has 0 amide bonds. The van der Waals surface area contributed by atoms with Gasteiger partial charge in [-0.05, 0) is 24.3 Å². The first-order valence-electron chi connectivity index (χ1n) is 6.54. The molecule has 0 saturated carbocycles. The van der Waals surface area contributed by atoms with Crippen LogP contribution in [0.3, 0.4) is 0 Å². The molecule has 2 aromatic carbocycles. The summed E-state index contributed by atoms with van der Waals surface area (Å²) < 4.78 is 8.41. The number of para-hydroxylation sites is 1. The molecule has 0 aliphatic carbocycles. The Labute approximate surface area is 136 Å². The topological polar surface area (TPSA) is 27.1 Å². The van der Waals surface area contributed by atoms with Crippen LogP contribution in [0.15, 0.2) is 46.9 Å². The molecule has 0 radical (unpaired) electrons. The lowest BCUT2D eigenvalue weighted by molar-refractivity contribution is 0.185. The monoisotopic (exact) mass is 364 g/mol. The van der Waals surface area contributed by atoms with E-state index in [2.05, 4.69) is 43.7 Å². The highest BCUT2D eigenvalue weighted by Gasteiger charge is 2.14. The zero-order valence-corrected chi connectivity index (χ0v) is 13.9. The van der Waals surface area contributed by atoms with Crippen LogP contribution in [0.2, 0.25) is 0 Å². The molecule has 0 atom stereocenters. The Morgan fingerprint density at radius 1 is 1.24 bits per heavy atom. The van der Waals surface area contributed by atoms with Gasteiger partial charge in [0, 0.05) is 17.1 Å². The first-order valence-corrected chi connectivity index (χ1v) is 7.87. The van der Waals surface area contributed by atoms with E-state index in [4.69, 9.17) is 16.3 Å². The number of ether oxygens (including phenoxy) is 1. The molecular weight excluding hydrogens is 352 g/mol. The molecule has 5 heteroatoms. The molecule has 3 aromatic rings. The molecule has 3 nitrogen and oxygen atoms in total. The average molecular weight is 366 g/mol. The van der Waals surface area contributed by atoms with Crippen LogP contribution < -0.4 is 0 Å². The summed E-state index contributed by atoms with van der Waals surface area (Å²) in [5.41, 5.74) is 4.12. The summed E-state index contributed by atoms with van der Waals surface area (Å²) in [5.74, 6) is 1.18. The van der Waals surface area contributed by atoms with Crippen molar-refractivity contribution in [3.05, 3.63) is 58.3 Å². The van der Waals surface area contributed by atoms with Crippen LogP contribution in [0.4, 0.5) is 0 Å². The molecule has 0 unspecified atom stereocenters. The summed E-state index contributed by atoms with van der Waals surface area (Å²) in [4.78, 5) is 4.62. The Kier molecular flexibility index (Phi) is 4.29. The quantitative estimate of drug-likeness (QED) is 0.628. The molecule has 3 rings (SSSR count). The third-order valence-corrected chi connectivity index (χ3v) is 4.07. The lowest BCUT2D eigenvalue weighted by Gasteiger charge is -2.13. The maximum atomic E-state index is 6.10. The fraction of sp³-hybridized carbons (Fsp3) is 0.188. The predicted molar refractivity (Wildman–Crippen MR) is 89.0 cm³/mol. The van der Waals surface area contributed by atoms with Crippen molar-refractivity contribution in [3.8, 4) is 5.69 Å². The molecule has 108 valence electrons. The number of halogens is 2. The van der Waals surface area contributed by atoms with E-state index < -0.39 is 0 Å². The maximum Gasteiger partial charge on any atom is 0.129 e. The van der Waals surface area contributed by atoms with Gasteiger partial charge in [-0.1, -0.05) is 34.1 Å². The largest absolute Gasteiger partial charge is 0.380 e. The third kappa shape index (κ3) is 2.71. The summed E-state index contributed by atoms with van der Waals surface area (Å²) >= 11 is 9.62. The Bertz CT molecular complexity index is 785. The Morgan fingerprint density at radius 2 is 2.05 bits per heavy atom. The van der Waals surface area contributed by atoms with Gasteiger partial charge in [-0.2, -0.15) is 0 Å². The van der Waals surface area contributed by atoms with E-state index in [0.29, 0.717) is 12.5 Å². The second-order valence-corrected chi connectivity index (χ2v) is 5.87. The molecule has 0 spiro atoms. The van der Waals surface area contributed by atoms with Crippen LogP contribution in [0, 0.1) is 0 Å². The van der Waals surface area contributed by atoms with Crippen molar-refractivity contribution in [2.75, 3.05) is 7.11 Å². The van der Waals surface area contributed by atoms with Crippen LogP contribution in [-0.2, 0) is 17.2 Å². The highest BCUT2D eigenvalue weighted by Crippen LogP contribution is 2.27. The van der Waals surface area contributed by atoms with Crippen LogP contribution in [-0.4, -0.2) is 16.7 Å². The minimum atomic E-state index is 0.355. The number of hydrogen-bond donors (Lipinski definition) is 0. The van der Waals surface area contributed by atoms with E-state index in [9.17, 15) is 0 Å². The Morgan fingerprint density at radius 3 is 2.81 bits per heavy atom. The normalized spacial score (nSPS) is 11.2. The molecule has 0 aliphatic heterocycles. The molecule has 1 heterocycles. The lowest BCUT2D eigenvalue weighted by Crippen LogP contribution is -2.04. The highest BCUT2D eigenvalue weighted by atomic mass is 79.9. The number of imidazole rings is 1. The van der Waals surface area contributed by atoms with Gasteiger partial charge in [0.15, 0.2) is 0 Å². The predicted octanol–water partition coefficient (Wildman–Crippen LogP) is 4.67. The van der Waals surface area contributed by atoms with Gasteiger partial charge in [-0.15, -0.1) is 11.6 Å². The molecule has 0 bridgehead atoms. The Hall–Kier alpha value is -1.36. The van der Waals surface area contributed by atoms with Crippen molar-refractivity contribution < 1.29 is 4.74 Å². The number of alkyl halides is 1. The molecule has 21 heavy (non-hydrogen) atoms. The summed E-state index contributed by atoms with van der Waals surface area (Å²) in [6.07, 6.45) is 0. The number of methoxy groups -OCH3 is 1. The molecular formula is C16H14BrClN2O. The standard InChI is InChI=1S/C16H14BrClN2O/c1-21-10-11-4-2-3-5-14(11)20-15-8-12(17)6-7-13(15)19-16(20)9-18/h2-8H,9-10H2,1H3. The van der Waals surface area contributed by atoms with E-state index in [0.717, 1.165) is 32.6 Å². The van der Waals surface area contributed by atoms with Crippen molar-refractivity contribution in [1.82, 2.24) is 9.55 Å². The second-order valence-electron chi connectivity index (χ2n) is 4.69. The minimum Gasteiger partial charge on any atom is -0.380 e. The van der Waals surface area contributed by atoms with Crippen molar-refractivity contribution in [2.45, 2.75) is 12.5 Å². The number of nitrogens with zero attached hydrogens (tertiary/aromatic N) is 2. The summed E-state index contributed by atoms with van der Waals surface area (Å²) in [5, 5.41) is 0. The SMILES string of the molecule is COCc1ccccc1-n1c(CCl)nc2ccc(Br)cc21. The van der Waals surface area contributed by atoms with Gasteiger partial charge in [0.05, 0.1) is 29.2 Å². The number of hydrogen-bond acceptors (Lipinski definition) is 2.